The number of benzene rings is 1. The maximum Gasteiger partial charge on any atom is 0.305 e. The van der Waals surface area contributed by atoms with E-state index in [0.717, 1.165) is 0 Å². The van der Waals surface area contributed by atoms with E-state index in [0.29, 0.717) is 17.1 Å². The normalized spacial score (nSPS) is 16.7. The molecule has 0 aliphatic carbocycles. The van der Waals surface area contributed by atoms with E-state index in [2.05, 4.69) is 0 Å². The maximum atomic E-state index is 12.3. The van der Waals surface area contributed by atoms with Crippen LogP contribution in [0.1, 0.15) is 20.3 Å². The van der Waals surface area contributed by atoms with Gasteiger partial charge in [-0.1, -0.05) is 6.07 Å². The summed E-state index contributed by atoms with van der Waals surface area (Å²) in [7, 11) is 0. The number of amides is 1. The first-order valence-electron chi connectivity index (χ1n) is 5.94. The van der Waals surface area contributed by atoms with Crippen LogP contribution >= 0.6 is 0 Å². The number of nitrogen functional groups attached to an aromatic ring is 1. The van der Waals surface area contributed by atoms with Gasteiger partial charge in [0.1, 0.15) is 11.4 Å². The van der Waals surface area contributed by atoms with Gasteiger partial charge >= 0.3 is 5.97 Å². The molecular weight excluding hydrogens is 248 g/mol. The predicted octanol–water partition coefficient (Wildman–Crippen LogP) is 1.25. The Bertz CT molecular complexity index is 539. The third-order valence-electron chi connectivity index (χ3n) is 2.97. The minimum absolute atomic E-state index is 0.0716. The number of nitrogens with two attached hydrogens (primary N) is 1. The molecule has 1 aliphatic heterocycles. The Labute approximate surface area is 110 Å². The number of carboxylic acid groups (broad SMARTS) is 1. The summed E-state index contributed by atoms with van der Waals surface area (Å²) >= 11 is 0. The SMILES string of the molecule is CC1(C)Oc2cccc(N)c2N(CCC(=O)O)C1=O. The average molecular weight is 264 g/mol. The zero-order chi connectivity index (χ0) is 14.2. The van der Waals surface area contributed by atoms with Gasteiger partial charge in [0, 0.05) is 6.54 Å². The lowest BCUT2D eigenvalue weighted by atomic mass is 10.0. The monoisotopic (exact) mass is 264 g/mol. The second-order valence-electron chi connectivity index (χ2n) is 4.91. The molecule has 0 fully saturated rings. The first kappa shape index (κ1) is 13.2. The van der Waals surface area contributed by atoms with Gasteiger partial charge in [-0.3, -0.25) is 9.59 Å². The van der Waals surface area contributed by atoms with Gasteiger partial charge in [0.05, 0.1) is 12.1 Å². The van der Waals surface area contributed by atoms with E-state index in [-0.39, 0.29) is 18.9 Å². The summed E-state index contributed by atoms with van der Waals surface area (Å²) in [5.41, 5.74) is 5.69. The Kier molecular flexibility index (Phi) is 3.09. The molecule has 0 spiro atoms. The second-order valence-corrected chi connectivity index (χ2v) is 4.91. The number of nitrogens with zero attached hydrogens (tertiary/aromatic N) is 1. The molecule has 19 heavy (non-hydrogen) atoms. The molecule has 1 aromatic carbocycles. The summed E-state index contributed by atoms with van der Waals surface area (Å²) in [5.74, 6) is -0.762. The largest absolute Gasteiger partial charge is 0.481 e. The Balaban J connectivity index is 2.45. The number of hydrogen-bond donors (Lipinski definition) is 2. The highest BCUT2D eigenvalue weighted by Crippen LogP contribution is 2.41. The minimum atomic E-state index is -1.03. The number of anilines is 2. The van der Waals surface area contributed by atoms with E-state index in [9.17, 15) is 9.59 Å². The van der Waals surface area contributed by atoms with Crippen LogP contribution < -0.4 is 15.4 Å². The number of ether oxygens (including phenoxy) is 1. The maximum absolute atomic E-state index is 12.3. The first-order valence-corrected chi connectivity index (χ1v) is 5.94. The van der Waals surface area contributed by atoms with Crippen LogP contribution in [0.3, 0.4) is 0 Å². The van der Waals surface area contributed by atoms with Gasteiger partial charge in [-0.25, -0.2) is 0 Å². The van der Waals surface area contributed by atoms with Gasteiger partial charge < -0.3 is 20.5 Å². The fourth-order valence-electron chi connectivity index (χ4n) is 2.08. The van der Waals surface area contributed by atoms with Crippen molar-refractivity contribution in [3.63, 3.8) is 0 Å². The average Bonchev–Trinajstić information content (AvgIpc) is 2.30. The molecule has 0 radical (unpaired) electrons. The first-order chi connectivity index (χ1) is 8.83. The van der Waals surface area contributed by atoms with Crippen molar-refractivity contribution in [1.29, 1.82) is 0 Å². The third kappa shape index (κ3) is 2.33. The van der Waals surface area contributed by atoms with E-state index in [4.69, 9.17) is 15.6 Å². The van der Waals surface area contributed by atoms with Gasteiger partial charge in [0.15, 0.2) is 5.60 Å². The summed E-state index contributed by atoms with van der Waals surface area (Å²) < 4.78 is 5.63. The van der Waals surface area contributed by atoms with E-state index >= 15 is 0 Å². The molecule has 6 heteroatoms. The van der Waals surface area contributed by atoms with Crippen molar-refractivity contribution in [1.82, 2.24) is 0 Å². The zero-order valence-corrected chi connectivity index (χ0v) is 10.8. The predicted molar refractivity (Wildman–Crippen MR) is 70.2 cm³/mol. The molecule has 0 unspecified atom stereocenters. The molecule has 6 nitrogen and oxygen atoms in total. The highest BCUT2D eigenvalue weighted by Gasteiger charge is 2.41. The summed E-state index contributed by atoms with van der Waals surface area (Å²) in [6.45, 7) is 3.37. The van der Waals surface area contributed by atoms with Crippen LogP contribution in [0, 0.1) is 0 Å². The number of carbonyl (C=O) groups excluding carboxylic acids is 1. The molecule has 102 valence electrons. The molecule has 2 rings (SSSR count). The second kappa shape index (κ2) is 4.46. The number of hydrogen-bond acceptors (Lipinski definition) is 4. The van der Waals surface area contributed by atoms with Crippen molar-refractivity contribution < 1.29 is 19.4 Å². The van der Waals surface area contributed by atoms with Crippen LogP contribution in [0.5, 0.6) is 5.75 Å². The highest BCUT2D eigenvalue weighted by atomic mass is 16.5. The van der Waals surface area contributed by atoms with Gasteiger partial charge in [-0.2, -0.15) is 0 Å². The minimum Gasteiger partial charge on any atom is -0.481 e. The number of fused-ring (bicyclic) bond motifs is 1. The number of para-hydroxylation sites is 1. The van der Waals surface area contributed by atoms with Crippen molar-refractivity contribution in [2.75, 3.05) is 17.2 Å². The van der Waals surface area contributed by atoms with Crippen molar-refractivity contribution in [2.45, 2.75) is 25.9 Å². The van der Waals surface area contributed by atoms with Crippen LogP contribution in [-0.2, 0) is 9.59 Å². The number of aliphatic carboxylic acids is 1. The van der Waals surface area contributed by atoms with Crippen molar-refractivity contribution in [3.05, 3.63) is 18.2 Å². The van der Waals surface area contributed by atoms with Gasteiger partial charge in [0.2, 0.25) is 0 Å². The molecule has 1 aromatic rings. The molecule has 0 atom stereocenters. The van der Waals surface area contributed by atoms with Crippen LogP contribution in [0.25, 0.3) is 0 Å². The van der Waals surface area contributed by atoms with Crippen molar-refractivity contribution in [3.8, 4) is 5.75 Å². The van der Waals surface area contributed by atoms with Gasteiger partial charge in [-0.05, 0) is 26.0 Å². The molecule has 1 heterocycles. The Hall–Kier alpha value is -2.24. The number of carbonyl (C=O) groups is 2. The van der Waals surface area contributed by atoms with E-state index in [1.807, 2.05) is 0 Å². The highest BCUT2D eigenvalue weighted by molar-refractivity contribution is 6.05. The molecule has 1 amide bonds. The molecule has 0 aromatic heterocycles. The molecule has 0 saturated heterocycles. The summed E-state index contributed by atoms with van der Waals surface area (Å²) in [6, 6.07) is 5.10. The lowest BCUT2D eigenvalue weighted by Crippen LogP contribution is -2.53. The number of rotatable bonds is 3. The smallest absolute Gasteiger partial charge is 0.305 e. The summed E-state index contributed by atoms with van der Waals surface area (Å²) in [4.78, 5) is 24.4. The van der Waals surface area contributed by atoms with Crippen LogP contribution in [0.2, 0.25) is 0 Å². The van der Waals surface area contributed by atoms with E-state index < -0.39 is 11.6 Å². The lowest BCUT2D eigenvalue weighted by molar-refractivity contribution is -0.137. The molecule has 1 aliphatic rings. The van der Waals surface area contributed by atoms with Crippen molar-refractivity contribution >= 4 is 23.3 Å². The molecule has 0 saturated carbocycles. The summed E-state index contributed by atoms with van der Waals surface area (Å²) in [6.07, 6.45) is -0.143. The Morgan fingerprint density at radius 1 is 1.47 bits per heavy atom. The molecule has 3 N–H and O–H groups in total. The Morgan fingerprint density at radius 2 is 2.16 bits per heavy atom. The Morgan fingerprint density at radius 3 is 2.79 bits per heavy atom. The van der Waals surface area contributed by atoms with Crippen LogP contribution in [0.15, 0.2) is 18.2 Å². The van der Waals surface area contributed by atoms with Crippen molar-refractivity contribution in [2.24, 2.45) is 0 Å². The van der Waals surface area contributed by atoms with Crippen LogP contribution in [0.4, 0.5) is 11.4 Å². The lowest BCUT2D eigenvalue weighted by Gasteiger charge is -2.39. The fraction of sp³-hybridized carbons (Fsp3) is 0.385. The topological polar surface area (TPSA) is 92.9 Å². The standard InChI is InChI=1S/C13H16N2O4/c1-13(2)12(18)15(7-6-10(16)17)11-8(14)4-3-5-9(11)19-13/h3-5H,6-7,14H2,1-2H3,(H,16,17). The zero-order valence-electron chi connectivity index (χ0n) is 10.8. The van der Waals surface area contributed by atoms with Gasteiger partial charge in [0.25, 0.3) is 5.91 Å². The summed E-state index contributed by atoms with van der Waals surface area (Å²) in [5, 5.41) is 8.78. The van der Waals surface area contributed by atoms with E-state index in [1.165, 1.54) is 4.90 Å². The number of carboxylic acids is 1. The third-order valence-corrected chi connectivity index (χ3v) is 2.97. The molecular formula is C13H16N2O4. The quantitative estimate of drug-likeness (QED) is 0.801. The molecule has 0 bridgehead atoms. The van der Waals surface area contributed by atoms with E-state index in [1.54, 1.807) is 32.0 Å². The fourth-order valence-corrected chi connectivity index (χ4v) is 2.08. The van der Waals surface area contributed by atoms with Gasteiger partial charge in [-0.15, -0.1) is 0 Å². The van der Waals surface area contributed by atoms with Crippen LogP contribution in [-0.4, -0.2) is 29.1 Å².